The van der Waals surface area contributed by atoms with Crippen molar-refractivity contribution >= 4 is 16.1 Å². The van der Waals surface area contributed by atoms with Gasteiger partial charge in [-0.3, -0.25) is 4.55 Å². The number of carbonyl (C=O) groups is 1. The molecule has 1 N–H and O–H groups in total. The third kappa shape index (κ3) is 3.68. The number of ether oxygens (including phenoxy) is 1. The molecular formula is C4H5FO5S. The minimum atomic E-state index is -4.91. The van der Waals surface area contributed by atoms with Gasteiger partial charge in [0, 0.05) is 0 Å². The van der Waals surface area contributed by atoms with Crippen LogP contribution in [0.1, 0.15) is 0 Å². The molecule has 0 radical (unpaired) electrons. The Balaban J connectivity index is 4.62. The average molecular weight is 184 g/mol. The number of esters is 1. The van der Waals surface area contributed by atoms with Crippen LogP contribution in [0.25, 0.3) is 0 Å². The van der Waals surface area contributed by atoms with Crippen LogP contribution in [0.4, 0.5) is 4.39 Å². The Bertz CT molecular complexity index is 277. The molecule has 0 aromatic heterocycles. The maximum absolute atomic E-state index is 12.1. The van der Waals surface area contributed by atoms with Crippen molar-refractivity contribution in [3.8, 4) is 0 Å². The second-order valence-corrected chi connectivity index (χ2v) is 2.79. The monoisotopic (exact) mass is 184 g/mol. The van der Waals surface area contributed by atoms with E-state index in [1.807, 2.05) is 0 Å². The number of methoxy groups -OCH3 is 1. The lowest BCUT2D eigenvalue weighted by Crippen LogP contribution is -2.02. The zero-order valence-electron chi connectivity index (χ0n) is 5.44. The lowest BCUT2D eigenvalue weighted by atomic mass is 10.6. The van der Waals surface area contributed by atoms with Crippen molar-refractivity contribution in [1.82, 2.24) is 0 Å². The number of hydrogen-bond donors (Lipinski definition) is 1. The summed E-state index contributed by atoms with van der Waals surface area (Å²) in [5.41, 5.74) is 0. The van der Waals surface area contributed by atoms with E-state index < -0.39 is 21.2 Å². The number of rotatable bonds is 2. The van der Waals surface area contributed by atoms with Crippen molar-refractivity contribution in [2.45, 2.75) is 0 Å². The van der Waals surface area contributed by atoms with Gasteiger partial charge in [-0.05, 0) is 0 Å². The van der Waals surface area contributed by atoms with Crippen LogP contribution < -0.4 is 0 Å². The first-order valence-electron chi connectivity index (χ1n) is 2.30. The Labute approximate surface area is 62.2 Å². The van der Waals surface area contributed by atoms with Crippen LogP contribution in [-0.4, -0.2) is 26.0 Å². The number of halogens is 1. The molecular weight excluding hydrogens is 179 g/mol. The molecule has 0 saturated carbocycles. The van der Waals surface area contributed by atoms with Gasteiger partial charge in [0.05, 0.1) is 13.2 Å². The van der Waals surface area contributed by atoms with Crippen LogP contribution in [-0.2, 0) is 19.6 Å². The molecule has 0 aliphatic carbocycles. The molecule has 5 nitrogen and oxygen atoms in total. The fourth-order valence-corrected chi connectivity index (χ4v) is 0.471. The maximum atomic E-state index is 12.1. The normalized spacial score (nSPS) is 12.8. The standard InChI is InChI=1S/C4H5FO5S/c1-10-4(6)2-3(5)11(7,8)9/h2H,1H3,(H,7,8,9)/b3-2-. The summed E-state index contributed by atoms with van der Waals surface area (Å²) in [6.07, 6.45) is 0.0231. The van der Waals surface area contributed by atoms with Crippen LogP contribution >= 0.6 is 0 Å². The van der Waals surface area contributed by atoms with E-state index >= 15 is 0 Å². The first-order valence-corrected chi connectivity index (χ1v) is 3.74. The fraction of sp³-hybridized carbons (Fsp3) is 0.250. The second-order valence-electron chi connectivity index (χ2n) is 1.45. The van der Waals surface area contributed by atoms with Gasteiger partial charge in [0.2, 0.25) is 5.16 Å². The van der Waals surface area contributed by atoms with Crippen LogP contribution in [0.5, 0.6) is 0 Å². The van der Waals surface area contributed by atoms with E-state index in [4.69, 9.17) is 4.55 Å². The summed E-state index contributed by atoms with van der Waals surface area (Å²) in [6.45, 7) is 0. The summed E-state index contributed by atoms with van der Waals surface area (Å²) in [5.74, 6) is -1.19. The van der Waals surface area contributed by atoms with E-state index in [-0.39, 0.29) is 6.08 Å². The molecule has 0 aromatic carbocycles. The molecule has 11 heavy (non-hydrogen) atoms. The summed E-state index contributed by atoms with van der Waals surface area (Å²) in [5, 5.41) is -1.94. The molecule has 0 spiro atoms. The van der Waals surface area contributed by atoms with E-state index in [2.05, 4.69) is 4.74 Å². The molecule has 0 amide bonds. The smallest absolute Gasteiger partial charge is 0.334 e. The Morgan fingerprint density at radius 1 is 1.64 bits per heavy atom. The van der Waals surface area contributed by atoms with Crippen molar-refractivity contribution in [2.75, 3.05) is 7.11 Å². The lowest BCUT2D eigenvalue weighted by molar-refractivity contribution is -0.134. The Hall–Kier alpha value is -0.950. The highest BCUT2D eigenvalue weighted by molar-refractivity contribution is 7.89. The molecule has 7 heteroatoms. The zero-order chi connectivity index (χ0) is 9.07. The lowest BCUT2D eigenvalue weighted by Gasteiger charge is -1.91. The Morgan fingerprint density at radius 3 is 2.36 bits per heavy atom. The van der Waals surface area contributed by atoms with Crippen LogP contribution in [0.2, 0.25) is 0 Å². The molecule has 0 aromatic rings. The van der Waals surface area contributed by atoms with Crippen LogP contribution in [0, 0.1) is 0 Å². The van der Waals surface area contributed by atoms with Gasteiger partial charge in [0.1, 0.15) is 0 Å². The first-order chi connectivity index (χ1) is 4.88. The minimum Gasteiger partial charge on any atom is -0.466 e. The van der Waals surface area contributed by atoms with E-state index in [0.29, 0.717) is 0 Å². The number of hydrogen-bond acceptors (Lipinski definition) is 4. The topological polar surface area (TPSA) is 80.7 Å². The molecule has 0 heterocycles. The maximum Gasteiger partial charge on any atom is 0.334 e. The highest BCUT2D eigenvalue weighted by Gasteiger charge is 2.14. The molecule has 0 aliphatic rings. The molecule has 0 rings (SSSR count). The van der Waals surface area contributed by atoms with Crippen molar-refractivity contribution in [1.29, 1.82) is 0 Å². The first kappa shape index (κ1) is 10.0. The van der Waals surface area contributed by atoms with E-state index in [9.17, 15) is 17.6 Å². The highest BCUT2D eigenvalue weighted by atomic mass is 32.2. The van der Waals surface area contributed by atoms with Crippen molar-refractivity contribution < 1.29 is 26.9 Å². The molecule has 64 valence electrons. The Morgan fingerprint density at radius 2 is 2.09 bits per heavy atom. The SMILES string of the molecule is COC(=O)/C=C(/F)S(=O)(=O)O. The van der Waals surface area contributed by atoms with Crippen molar-refractivity contribution in [3.63, 3.8) is 0 Å². The molecule has 0 bridgehead atoms. The largest absolute Gasteiger partial charge is 0.466 e. The predicted octanol–water partition coefficient (Wildman–Crippen LogP) is -0.142. The summed E-state index contributed by atoms with van der Waals surface area (Å²) >= 11 is 0. The summed E-state index contributed by atoms with van der Waals surface area (Å²) < 4.78 is 43.7. The third-order valence-electron chi connectivity index (χ3n) is 0.679. The fourth-order valence-electron chi connectivity index (χ4n) is 0.226. The predicted molar refractivity (Wildman–Crippen MR) is 32.8 cm³/mol. The zero-order valence-corrected chi connectivity index (χ0v) is 6.26. The van der Waals surface area contributed by atoms with E-state index in [1.165, 1.54) is 0 Å². The van der Waals surface area contributed by atoms with Gasteiger partial charge in [0.15, 0.2) is 0 Å². The van der Waals surface area contributed by atoms with Gasteiger partial charge in [0.25, 0.3) is 0 Å². The summed E-state index contributed by atoms with van der Waals surface area (Å²) in [4.78, 5) is 10.2. The third-order valence-corrected chi connectivity index (χ3v) is 1.29. The van der Waals surface area contributed by atoms with E-state index in [0.717, 1.165) is 7.11 Å². The van der Waals surface area contributed by atoms with Gasteiger partial charge in [-0.15, -0.1) is 0 Å². The molecule has 0 unspecified atom stereocenters. The molecule has 0 saturated heterocycles. The van der Waals surface area contributed by atoms with Gasteiger partial charge < -0.3 is 4.74 Å². The van der Waals surface area contributed by atoms with Gasteiger partial charge >= 0.3 is 16.1 Å². The second kappa shape index (κ2) is 3.44. The summed E-state index contributed by atoms with van der Waals surface area (Å²) in [6, 6.07) is 0. The van der Waals surface area contributed by atoms with Gasteiger partial charge in [-0.1, -0.05) is 0 Å². The molecule has 0 fully saturated rings. The minimum absolute atomic E-state index is 0.0231. The highest BCUT2D eigenvalue weighted by Crippen LogP contribution is 2.04. The summed E-state index contributed by atoms with van der Waals surface area (Å²) in [7, 11) is -3.97. The van der Waals surface area contributed by atoms with Crippen molar-refractivity contribution in [2.24, 2.45) is 0 Å². The molecule has 0 atom stereocenters. The van der Waals surface area contributed by atoms with Crippen LogP contribution in [0.3, 0.4) is 0 Å². The van der Waals surface area contributed by atoms with Gasteiger partial charge in [-0.25, -0.2) is 4.79 Å². The van der Waals surface area contributed by atoms with Crippen molar-refractivity contribution in [3.05, 3.63) is 11.2 Å². The Kier molecular flexibility index (Phi) is 3.15. The quantitative estimate of drug-likeness (QED) is 0.367. The van der Waals surface area contributed by atoms with E-state index in [1.54, 1.807) is 0 Å². The van der Waals surface area contributed by atoms with Crippen LogP contribution in [0.15, 0.2) is 11.2 Å². The number of carbonyl (C=O) groups excluding carboxylic acids is 1. The average Bonchev–Trinajstić information content (AvgIpc) is 1.85. The molecule has 0 aliphatic heterocycles. The van der Waals surface area contributed by atoms with Gasteiger partial charge in [-0.2, -0.15) is 12.8 Å².